The molecule has 1 amide bonds. The molecule has 3 aromatic rings. The van der Waals surface area contributed by atoms with Gasteiger partial charge in [0.15, 0.2) is 5.96 Å². The number of hydrogen-bond acceptors (Lipinski definition) is 3. The van der Waals surface area contributed by atoms with Gasteiger partial charge in [0.1, 0.15) is 5.82 Å². The summed E-state index contributed by atoms with van der Waals surface area (Å²) in [4.78, 5) is 28.1. The van der Waals surface area contributed by atoms with Gasteiger partial charge in [-0.1, -0.05) is 60.7 Å². The predicted molar refractivity (Wildman–Crippen MR) is 120 cm³/mol. The van der Waals surface area contributed by atoms with Crippen LogP contribution >= 0.6 is 0 Å². The highest BCUT2D eigenvalue weighted by molar-refractivity contribution is 5.86. The number of likely N-dealkylation sites (N-methyl/N-ethyl adjacent to an activating group) is 1. The summed E-state index contributed by atoms with van der Waals surface area (Å²) in [5, 5.41) is 3.17. The molecule has 3 rings (SSSR count). The molecule has 2 aromatic carbocycles. The average molecular weight is 405 g/mol. The Labute approximate surface area is 177 Å². The van der Waals surface area contributed by atoms with Crippen LogP contribution in [-0.4, -0.2) is 59.3 Å². The molecule has 0 saturated carbocycles. The maximum absolute atomic E-state index is 12.0. The highest BCUT2D eigenvalue weighted by Crippen LogP contribution is 2.16. The number of nitrogens with zero attached hydrogens (tertiary/aromatic N) is 4. The maximum Gasteiger partial charge on any atom is 0.241 e. The minimum atomic E-state index is -0.0137. The second-order valence-electron chi connectivity index (χ2n) is 7.23. The lowest BCUT2D eigenvalue weighted by Crippen LogP contribution is -2.43. The van der Waals surface area contributed by atoms with E-state index in [0.29, 0.717) is 19.0 Å². The zero-order chi connectivity index (χ0) is 21.3. The summed E-state index contributed by atoms with van der Waals surface area (Å²) in [7, 11) is 5.41. The van der Waals surface area contributed by atoms with Crippen LogP contribution < -0.4 is 5.32 Å². The lowest BCUT2D eigenvalue weighted by molar-refractivity contribution is -0.127. The van der Waals surface area contributed by atoms with E-state index in [0.717, 1.165) is 22.6 Å². The van der Waals surface area contributed by atoms with Crippen LogP contribution in [0.1, 0.15) is 11.4 Å². The van der Waals surface area contributed by atoms with Crippen molar-refractivity contribution in [1.82, 2.24) is 25.1 Å². The van der Waals surface area contributed by atoms with E-state index < -0.39 is 0 Å². The van der Waals surface area contributed by atoms with Crippen molar-refractivity contribution < 1.29 is 4.79 Å². The summed E-state index contributed by atoms with van der Waals surface area (Å²) < 4.78 is 0. The van der Waals surface area contributed by atoms with Crippen molar-refractivity contribution in [3.63, 3.8) is 0 Å². The molecule has 0 unspecified atom stereocenters. The summed E-state index contributed by atoms with van der Waals surface area (Å²) in [6.45, 7) is 1.24. The summed E-state index contributed by atoms with van der Waals surface area (Å²) >= 11 is 0. The van der Waals surface area contributed by atoms with Crippen LogP contribution in [0.2, 0.25) is 0 Å². The first kappa shape index (κ1) is 21.1. The Morgan fingerprint density at radius 1 is 1.03 bits per heavy atom. The van der Waals surface area contributed by atoms with E-state index in [2.05, 4.69) is 15.3 Å². The van der Waals surface area contributed by atoms with E-state index in [1.54, 1.807) is 19.0 Å². The first-order chi connectivity index (χ1) is 14.5. The largest absolute Gasteiger partial charge is 0.347 e. The maximum atomic E-state index is 12.0. The Balaban J connectivity index is 1.71. The van der Waals surface area contributed by atoms with Crippen LogP contribution in [0.15, 0.2) is 71.9 Å². The molecular formula is C23H28N6O. The fourth-order valence-corrected chi connectivity index (χ4v) is 2.88. The molecule has 7 heteroatoms. The summed E-state index contributed by atoms with van der Waals surface area (Å²) in [5.74, 6) is 1.45. The Morgan fingerprint density at radius 2 is 1.70 bits per heavy atom. The molecule has 30 heavy (non-hydrogen) atoms. The average Bonchev–Trinajstić information content (AvgIpc) is 3.23. The number of aliphatic imine (C=N–C) groups is 1. The molecule has 156 valence electrons. The summed E-state index contributed by atoms with van der Waals surface area (Å²) in [6, 6.07) is 20.1. The van der Waals surface area contributed by atoms with Crippen molar-refractivity contribution >= 4 is 11.9 Å². The van der Waals surface area contributed by atoms with Gasteiger partial charge < -0.3 is 20.1 Å². The van der Waals surface area contributed by atoms with Gasteiger partial charge in [-0.2, -0.15) is 0 Å². The lowest BCUT2D eigenvalue weighted by Gasteiger charge is -2.22. The van der Waals surface area contributed by atoms with Crippen LogP contribution in [0.5, 0.6) is 0 Å². The number of hydrogen-bond donors (Lipinski definition) is 2. The van der Waals surface area contributed by atoms with Crippen molar-refractivity contribution in [3.8, 4) is 11.3 Å². The third-order valence-electron chi connectivity index (χ3n) is 4.61. The Hall–Kier alpha value is -3.61. The Bertz CT molecular complexity index is 966. The fraction of sp³-hybridized carbons (Fsp3) is 0.261. The van der Waals surface area contributed by atoms with Gasteiger partial charge in [-0.25, -0.2) is 9.98 Å². The molecule has 1 aromatic heterocycles. The van der Waals surface area contributed by atoms with Crippen molar-refractivity contribution in [1.29, 1.82) is 0 Å². The number of rotatable bonds is 7. The second-order valence-corrected chi connectivity index (χ2v) is 7.23. The first-order valence-corrected chi connectivity index (χ1v) is 9.86. The quantitative estimate of drug-likeness (QED) is 0.469. The Kier molecular flexibility index (Phi) is 7.21. The second kappa shape index (κ2) is 10.2. The Morgan fingerprint density at radius 3 is 2.37 bits per heavy atom. The molecule has 0 aliphatic rings. The van der Waals surface area contributed by atoms with Gasteiger partial charge in [-0.05, 0) is 11.1 Å². The van der Waals surface area contributed by atoms with Gasteiger partial charge in [0.25, 0.3) is 0 Å². The van der Waals surface area contributed by atoms with Crippen LogP contribution in [-0.2, 0) is 17.9 Å². The number of aromatic nitrogens is 2. The number of carbonyl (C=O) groups is 1. The monoisotopic (exact) mass is 404 g/mol. The smallest absolute Gasteiger partial charge is 0.241 e. The van der Waals surface area contributed by atoms with Gasteiger partial charge in [0, 0.05) is 21.1 Å². The number of guanidine groups is 1. The lowest BCUT2D eigenvalue weighted by atomic mass is 10.2. The molecule has 0 aliphatic heterocycles. The molecular weight excluding hydrogens is 376 g/mol. The molecule has 0 atom stereocenters. The molecule has 2 N–H and O–H groups in total. The zero-order valence-corrected chi connectivity index (χ0v) is 17.7. The van der Waals surface area contributed by atoms with Crippen LogP contribution in [0.4, 0.5) is 0 Å². The number of imidazole rings is 1. The van der Waals surface area contributed by atoms with Crippen molar-refractivity contribution in [2.24, 2.45) is 4.99 Å². The number of amides is 1. The number of nitrogens with one attached hydrogen (secondary N) is 2. The van der Waals surface area contributed by atoms with Crippen LogP contribution in [0.25, 0.3) is 11.3 Å². The minimum absolute atomic E-state index is 0.0137. The molecule has 0 radical (unpaired) electrons. The van der Waals surface area contributed by atoms with Crippen LogP contribution in [0, 0.1) is 0 Å². The predicted octanol–water partition coefficient (Wildman–Crippen LogP) is 2.74. The first-order valence-electron chi connectivity index (χ1n) is 9.86. The van der Waals surface area contributed by atoms with Crippen molar-refractivity contribution in [3.05, 3.63) is 78.2 Å². The minimum Gasteiger partial charge on any atom is -0.347 e. The highest BCUT2D eigenvalue weighted by Gasteiger charge is 2.12. The topological polar surface area (TPSA) is 76.6 Å². The van der Waals surface area contributed by atoms with E-state index in [4.69, 9.17) is 4.99 Å². The SMILES string of the molecule is CN(C)C(=O)CNC(=NCc1ccccc1)N(C)Cc1ncc(-c2ccccc2)[nH]1. The van der Waals surface area contributed by atoms with Crippen molar-refractivity contribution in [2.75, 3.05) is 27.7 Å². The van der Waals surface area contributed by atoms with Crippen LogP contribution in [0.3, 0.4) is 0 Å². The fourth-order valence-electron chi connectivity index (χ4n) is 2.88. The molecule has 1 heterocycles. The number of carbonyl (C=O) groups excluding carboxylic acids is 1. The van der Waals surface area contributed by atoms with E-state index >= 15 is 0 Å². The molecule has 0 bridgehead atoms. The third-order valence-corrected chi connectivity index (χ3v) is 4.61. The molecule has 0 aliphatic carbocycles. The number of H-pyrrole nitrogens is 1. The van der Waals surface area contributed by atoms with Gasteiger partial charge in [-0.15, -0.1) is 0 Å². The number of aromatic amines is 1. The summed E-state index contributed by atoms with van der Waals surface area (Å²) in [5.41, 5.74) is 3.16. The van der Waals surface area contributed by atoms with E-state index in [1.807, 2.05) is 78.8 Å². The van der Waals surface area contributed by atoms with Gasteiger partial charge in [0.2, 0.25) is 5.91 Å². The van der Waals surface area contributed by atoms with E-state index in [9.17, 15) is 4.79 Å². The zero-order valence-electron chi connectivity index (χ0n) is 17.7. The summed E-state index contributed by atoms with van der Waals surface area (Å²) in [6.07, 6.45) is 1.84. The van der Waals surface area contributed by atoms with Gasteiger partial charge in [0.05, 0.1) is 31.5 Å². The molecule has 0 fully saturated rings. The van der Waals surface area contributed by atoms with E-state index in [1.165, 1.54) is 0 Å². The standard InChI is InChI=1S/C23H28N6O/c1-28(2)22(30)16-26-23(25-14-18-10-6-4-7-11-18)29(3)17-21-24-15-20(27-21)19-12-8-5-9-13-19/h4-13,15H,14,16-17H2,1-3H3,(H,24,27)(H,25,26). The molecule has 7 nitrogen and oxygen atoms in total. The number of benzene rings is 2. The highest BCUT2D eigenvalue weighted by atomic mass is 16.2. The van der Waals surface area contributed by atoms with Crippen molar-refractivity contribution in [2.45, 2.75) is 13.1 Å². The normalized spacial score (nSPS) is 11.2. The molecule has 0 saturated heterocycles. The van der Waals surface area contributed by atoms with Gasteiger partial charge in [-0.3, -0.25) is 4.79 Å². The third kappa shape index (κ3) is 5.94. The molecule has 0 spiro atoms. The van der Waals surface area contributed by atoms with Gasteiger partial charge >= 0.3 is 0 Å². The van der Waals surface area contributed by atoms with E-state index in [-0.39, 0.29) is 12.5 Å².